The molecule has 0 aliphatic carbocycles. The average molecular weight is 379 g/mol. The van der Waals surface area contributed by atoms with Crippen LogP contribution in [-0.4, -0.2) is 28.5 Å². The first kappa shape index (κ1) is 18.0. The summed E-state index contributed by atoms with van der Waals surface area (Å²) in [5.41, 5.74) is 1.72. The summed E-state index contributed by atoms with van der Waals surface area (Å²) in [5.74, 6) is -3.01. The van der Waals surface area contributed by atoms with Crippen molar-refractivity contribution in [2.45, 2.75) is 20.8 Å². The number of ether oxygens (including phenoxy) is 1. The van der Waals surface area contributed by atoms with Crippen LogP contribution in [0.1, 0.15) is 39.0 Å². The van der Waals surface area contributed by atoms with E-state index in [9.17, 15) is 18.4 Å². The van der Waals surface area contributed by atoms with Gasteiger partial charge in [-0.3, -0.25) is 10.1 Å². The van der Waals surface area contributed by atoms with Gasteiger partial charge < -0.3 is 9.72 Å². The quantitative estimate of drug-likeness (QED) is 0.673. The minimum absolute atomic E-state index is 0.194. The number of thiazole rings is 1. The van der Waals surface area contributed by atoms with E-state index < -0.39 is 23.5 Å². The highest BCUT2D eigenvalue weighted by atomic mass is 32.1. The molecule has 136 valence electrons. The Morgan fingerprint density at radius 1 is 1.27 bits per heavy atom. The lowest BCUT2D eigenvalue weighted by atomic mass is 10.1. The molecule has 0 aliphatic heterocycles. The molecule has 0 atom stereocenters. The number of halogens is 2. The first-order valence-corrected chi connectivity index (χ1v) is 8.56. The van der Waals surface area contributed by atoms with Gasteiger partial charge in [-0.1, -0.05) is 11.3 Å². The molecule has 0 unspecified atom stereocenters. The minimum Gasteiger partial charge on any atom is -0.462 e. The van der Waals surface area contributed by atoms with Gasteiger partial charge in [0.1, 0.15) is 5.69 Å². The van der Waals surface area contributed by atoms with E-state index in [-0.39, 0.29) is 22.9 Å². The van der Waals surface area contributed by atoms with Crippen LogP contribution < -0.4 is 5.32 Å². The fraction of sp³-hybridized carbons (Fsp3) is 0.235. The summed E-state index contributed by atoms with van der Waals surface area (Å²) < 4.78 is 32.0. The molecule has 0 spiro atoms. The van der Waals surface area contributed by atoms with Gasteiger partial charge in [-0.05, 0) is 32.4 Å². The van der Waals surface area contributed by atoms with Crippen molar-refractivity contribution in [2.24, 2.45) is 0 Å². The molecule has 1 aromatic carbocycles. The van der Waals surface area contributed by atoms with Gasteiger partial charge in [0.15, 0.2) is 16.8 Å². The lowest BCUT2D eigenvalue weighted by molar-refractivity contribution is 0.0525. The first-order valence-electron chi connectivity index (χ1n) is 7.75. The Bertz CT molecular complexity index is 987. The molecule has 9 heteroatoms. The Hall–Kier alpha value is -2.81. The van der Waals surface area contributed by atoms with Crippen molar-refractivity contribution in [3.63, 3.8) is 0 Å². The number of aryl methyl sites for hydroxylation is 1. The Morgan fingerprint density at radius 3 is 2.65 bits per heavy atom. The van der Waals surface area contributed by atoms with Crippen LogP contribution >= 0.6 is 11.3 Å². The zero-order chi connectivity index (χ0) is 19.0. The highest BCUT2D eigenvalue weighted by Crippen LogP contribution is 2.28. The zero-order valence-corrected chi connectivity index (χ0v) is 15.0. The lowest BCUT2D eigenvalue weighted by Gasteiger charge is -2.03. The minimum atomic E-state index is -1.00. The molecule has 3 rings (SSSR count). The highest BCUT2D eigenvalue weighted by molar-refractivity contribution is 7.22. The third kappa shape index (κ3) is 3.17. The number of esters is 1. The molecule has 0 bridgehead atoms. The third-order valence-corrected chi connectivity index (χ3v) is 4.73. The van der Waals surface area contributed by atoms with Gasteiger partial charge in [0, 0.05) is 11.8 Å². The summed E-state index contributed by atoms with van der Waals surface area (Å²) in [6.07, 6.45) is 0. The topological polar surface area (TPSA) is 84.1 Å². The van der Waals surface area contributed by atoms with E-state index in [0.29, 0.717) is 21.5 Å². The fourth-order valence-corrected chi connectivity index (χ4v) is 3.49. The lowest BCUT2D eigenvalue weighted by Crippen LogP contribution is -2.14. The summed E-state index contributed by atoms with van der Waals surface area (Å²) in [7, 11) is 0. The van der Waals surface area contributed by atoms with Crippen LogP contribution in [0.4, 0.5) is 13.9 Å². The number of nitrogens with one attached hydrogen (secondary N) is 2. The smallest absolute Gasteiger partial charge is 0.340 e. The second kappa shape index (κ2) is 6.83. The van der Waals surface area contributed by atoms with Crippen molar-refractivity contribution in [3.05, 3.63) is 46.3 Å². The van der Waals surface area contributed by atoms with E-state index in [4.69, 9.17) is 4.74 Å². The molecule has 2 aromatic heterocycles. The number of hydrogen-bond donors (Lipinski definition) is 2. The van der Waals surface area contributed by atoms with Crippen molar-refractivity contribution in [3.8, 4) is 0 Å². The molecular formula is C17H15F2N3O3S. The second-order valence-electron chi connectivity index (χ2n) is 5.55. The SMILES string of the molecule is CCOC(=O)c1c(C)[nH]c(C(=O)Nc2nc3cc(F)c(F)cc3s2)c1C. The van der Waals surface area contributed by atoms with E-state index >= 15 is 0 Å². The van der Waals surface area contributed by atoms with Crippen LogP contribution in [0.3, 0.4) is 0 Å². The van der Waals surface area contributed by atoms with Crippen molar-refractivity contribution in [1.82, 2.24) is 9.97 Å². The number of benzene rings is 1. The Balaban J connectivity index is 1.89. The number of aromatic nitrogens is 2. The Morgan fingerprint density at radius 2 is 1.96 bits per heavy atom. The Labute approximate surface area is 151 Å². The van der Waals surface area contributed by atoms with Gasteiger partial charge in [-0.2, -0.15) is 0 Å². The molecule has 0 radical (unpaired) electrons. The van der Waals surface area contributed by atoms with E-state index in [0.717, 1.165) is 23.5 Å². The highest BCUT2D eigenvalue weighted by Gasteiger charge is 2.23. The first-order chi connectivity index (χ1) is 12.3. The predicted octanol–water partition coefficient (Wildman–Crippen LogP) is 3.95. The van der Waals surface area contributed by atoms with Gasteiger partial charge in [0.05, 0.1) is 22.4 Å². The molecule has 3 aromatic rings. The Kier molecular flexibility index (Phi) is 4.73. The predicted molar refractivity (Wildman–Crippen MR) is 93.7 cm³/mol. The maximum atomic E-state index is 13.3. The number of hydrogen-bond acceptors (Lipinski definition) is 5. The second-order valence-corrected chi connectivity index (χ2v) is 6.58. The van der Waals surface area contributed by atoms with Crippen molar-refractivity contribution in [1.29, 1.82) is 0 Å². The van der Waals surface area contributed by atoms with Gasteiger partial charge in [0.25, 0.3) is 5.91 Å². The number of carbonyl (C=O) groups excluding carboxylic acids is 2. The largest absolute Gasteiger partial charge is 0.462 e. The van der Waals surface area contributed by atoms with Crippen molar-refractivity contribution >= 4 is 38.6 Å². The van der Waals surface area contributed by atoms with Gasteiger partial charge in [-0.25, -0.2) is 18.6 Å². The van der Waals surface area contributed by atoms with Crippen molar-refractivity contribution in [2.75, 3.05) is 11.9 Å². The van der Waals surface area contributed by atoms with Crippen LogP contribution in [0.15, 0.2) is 12.1 Å². The molecule has 0 saturated carbocycles. The number of anilines is 1. The van der Waals surface area contributed by atoms with Gasteiger partial charge >= 0.3 is 5.97 Å². The number of amides is 1. The van der Waals surface area contributed by atoms with E-state index in [2.05, 4.69) is 15.3 Å². The van der Waals surface area contributed by atoms with Crippen LogP contribution in [-0.2, 0) is 4.74 Å². The molecule has 26 heavy (non-hydrogen) atoms. The maximum absolute atomic E-state index is 13.3. The summed E-state index contributed by atoms with van der Waals surface area (Å²) >= 11 is 1.02. The van der Waals surface area contributed by atoms with E-state index in [1.54, 1.807) is 20.8 Å². The summed E-state index contributed by atoms with van der Waals surface area (Å²) in [5, 5.41) is 2.77. The van der Waals surface area contributed by atoms with Crippen LogP contribution in [0.2, 0.25) is 0 Å². The van der Waals surface area contributed by atoms with E-state index in [1.807, 2.05) is 0 Å². The molecule has 0 fully saturated rings. The number of aromatic amines is 1. The molecule has 0 saturated heterocycles. The summed E-state index contributed by atoms with van der Waals surface area (Å²) in [4.78, 5) is 31.5. The van der Waals surface area contributed by atoms with Crippen molar-refractivity contribution < 1.29 is 23.1 Å². The van der Waals surface area contributed by atoms with Gasteiger partial charge in [0.2, 0.25) is 0 Å². The van der Waals surface area contributed by atoms with Crippen LogP contribution in [0.5, 0.6) is 0 Å². The number of rotatable bonds is 4. The van der Waals surface area contributed by atoms with Gasteiger partial charge in [-0.15, -0.1) is 0 Å². The molecule has 6 nitrogen and oxygen atoms in total. The van der Waals surface area contributed by atoms with Crippen LogP contribution in [0.25, 0.3) is 10.2 Å². The van der Waals surface area contributed by atoms with E-state index in [1.165, 1.54) is 0 Å². The third-order valence-electron chi connectivity index (χ3n) is 3.80. The standard InChI is InChI=1S/C17H15F2N3O3S/c1-4-25-16(24)13-7(2)14(20-8(13)3)15(23)22-17-21-11-5-9(18)10(19)6-12(11)26-17/h5-6,20H,4H2,1-3H3,(H,21,22,23). The molecule has 2 heterocycles. The number of fused-ring (bicyclic) bond motifs is 1. The fourth-order valence-electron chi connectivity index (χ4n) is 2.62. The zero-order valence-electron chi connectivity index (χ0n) is 14.2. The number of nitrogens with zero attached hydrogens (tertiary/aromatic N) is 1. The summed E-state index contributed by atoms with van der Waals surface area (Å²) in [6.45, 7) is 5.22. The maximum Gasteiger partial charge on any atom is 0.340 e. The molecule has 1 amide bonds. The monoisotopic (exact) mass is 379 g/mol. The average Bonchev–Trinajstić information content (AvgIpc) is 3.07. The molecular weight excluding hydrogens is 364 g/mol. The molecule has 0 aliphatic rings. The number of carbonyl (C=O) groups is 2. The molecule has 2 N–H and O–H groups in total. The normalized spacial score (nSPS) is 11.0. The number of H-pyrrole nitrogens is 1. The van der Waals surface area contributed by atoms with Crippen LogP contribution in [0, 0.1) is 25.5 Å². The summed E-state index contributed by atoms with van der Waals surface area (Å²) in [6, 6.07) is 2.00.